The Hall–Kier alpha value is -1.76. The highest BCUT2D eigenvalue weighted by atomic mass is 19.4. The minimum atomic E-state index is -4.38. The summed E-state index contributed by atoms with van der Waals surface area (Å²) >= 11 is 0. The number of halogens is 3. The van der Waals surface area contributed by atoms with Crippen LogP contribution in [0.15, 0.2) is 24.3 Å². The third-order valence-electron chi connectivity index (χ3n) is 3.44. The molecule has 1 unspecified atom stereocenters. The summed E-state index contributed by atoms with van der Waals surface area (Å²) in [6.45, 7) is 2.10. The Labute approximate surface area is 120 Å². The second-order valence-corrected chi connectivity index (χ2v) is 5.13. The third kappa shape index (κ3) is 4.63. The first-order valence-corrected chi connectivity index (χ1v) is 6.66. The molecule has 0 spiro atoms. The number of hydrogen-bond acceptors (Lipinski definition) is 3. The molecule has 1 heterocycles. The van der Waals surface area contributed by atoms with E-state index in [-0.39, 0.29) is 17.6 Å². The maximum absolute atomic E-state index is 12.1. The van der Waals surface area contributed by atoms with Gasteiger partial charge in [-0.05, 0) is 31.1 Å². The van der Waals surface area contributed by atoms with Gasteiger partial charge in [-0.3, -0.25) is 4.79 Å². The van der Waals surface area contributed by atoms with Crippen LogP contribution in [-0.2, 0) is 4.79 Å². The first-order chi connectivity index (χ1) is 9.85. The number of carbonyl (C=O) groups is 1. The van der Waals surface area contributed by atoms with Crippen molar-refractivity contribution in [2.75, 3.05) is 25.0 Å². The van der Waals surface area contributed by atoms with Gasteiger partial charge in [0.15, 0.2) is 6.61 Å². The molecule has 0 aliphatic carbocycles. The van der Waals surface area contributed by atoms with E-state index in [0.717, 1.165) is 13.1 Å². The second kappa shape index (κ2) is 6.34. The van der Waals surface area contributed by atoms with Crippen LogP contribution < -0.4 is 15.4 Å². The molecule has 2 N–H and O–H groups in total. The molecule has 1 amide bonds. The summed E-state index contributed by atoms with van der Waals surface area (Å²) in [4.78, 5) is 12.0. The lowest BCUT2D eigenvalue weighted by atomic mass is 9.88. The van der Waals surface area contributed by atoms with Gasteiger partial charge in [0.2, 0.25) is 5.91 Å². The molecule has 0 radical (unpaired) electrons. The molecule has 0 saturated carbocycles. The number of benzene rings is 1. The Kier molecular flexibility index (Phi) is 4.72. The minimum absolute atomic E-state index is 0.0723. The quantitative estimate of drug-likeness (QED) is 0.878. The average molecular weight is 302 g/mol. The van der Waals surface area contributed by atoms with Crippen LogP contribution >= 0.6 is 0 Å². The molecule has 0 aromatic heterocycles. The van der Waals surface area contributed by atoms with E-state index >= 15 is 0 Å². The van der Waals surface area contributed by atoms with E-state index in [1.54, 1.807) is 6.07 Å². The van der Waals surface area contributed by atoms with Crippen LogP contribution in [0.2, 0.25) is 0 Å². The first kappa shape index (κ1) is 15.6. The van der Waals surface area contributed by atoms with Gasteiger partial charge in [0.1, 0.15) is 5.75 Å². The Balaban J connectivity index is 1.92. The number of anilines is 1. The molecule has 1 aliphatic rings. The van der Waals surface area contributed by atoms with Crippen LogP contribution in [0.4, 0.5) is 18.9 Å². The average Bonchev–Trinajstić information content (AvgIpc) is 2.34. The molecule has 116 valence electrons. The monoisotopic (exact) mass is 302 g/mol. The lowest BCUT2D eigenvalue weighted by Gasteiger charge is -2.31. The van der Waals surface area contributed by atoms with Crippen molar-refractivity contribution in [2.24, 2.45) is 11.8 Å². The largest absolute Gasteiger partial charge is 0.484 e. The van der Waals surface area contributed by atoms with E-state index in [9.17, 15) is 18.0 Å². The summed E-state index contributed by atoms with van der Waals surface area (Å²) in [5, 5.41) is 5.79. The van der Waals surface area contributed by atoms with Gasteiger partial charge in [-0.1, -0.05) is 13.0 Å². The lowest BCUT2D eigenvalue weighted by Crippen LogP contribution is -2.48. The van der Waals surface area contributed by atoms with Crippen molar-refractivity contribution in [1.29, 1.82) is 0 Å². The van der Waals surface area contributed by atoms with Crippen LogP contribution in [-0.4, -0.2) is 31.8 Å². The number of carbonyl (C=O) groups excluding carboxylic acids is 1. The van der Waals surface area contributed by atoms with Gasteiger partial charge in [0, 0.05) is 17.7 Å². The Morgan fingerprint density at radius 2 is 2.19 bits per heavy atom. The van der Waals surface area contributed by atoms with E-state index < -0.39 is 12.8 Å². The standard InChI is InChI=1S/C14H17F3N2O2/c1-9(10-6-18-7-10)13(20)19-11-3-2-4-12(5-11)21-8-14(15,16)17/h2-5,9-10,18H,6-8H2,1H3,(H,19,20). The Morgan fingerprint density at radius 1 is 1.48 bits per heavy atom. The molecular weight excluding hydrogens is 285 g/mol. The van der Waals surface area contributed by atoms with E-state index in [2.05, 4.69) is 15.4 Å². The van der Waals surface area contributed by atoms with Crippen LogP contribution in [0, 0.1) is 11.8 Å². The molecule has 0 bridgehead atoms. The van der Waals surface area contributed by atoms with E-state index in [1.165, 1.54) is 18.2 Å². The maximum atomic E-state index is 12.1. The fourth-order valence-electron chi connectivity index (χ4n) is 1.96. The molecule has 2 rings (SSSR count). The van der Waals surface area contributed by atoms with Gasteiger partial charge in [0.25, 0.3) is 0 Å². The van der Waals surface area contributed by atoms with Crippen molar-refractivity contribution in [3.05, 3.63) is 24.3 Å². The van der Waals surface area contributed by atoms with Gasteiger partial charge in [-0.25, -0.2) is 0 Å². The van der Waals surface area contributed by atoms with Crippen LogP contribution in [0.1, 0.15) is 6.92 Å². The molecule has 1 saturated heterocycles. The zero-order chi connectivity index (χ0) is 15.5. The normalized spacial score (nSPS) is 17.0. The molecule has 1 atom stereocenters. The molecule has 4 nitrogen and oxygen atoms in total. The SMILES string of the molecule is CC(C(=O)Nc1cccc(OCC(F)(F)F)c1)C1CNC1. The van der Waals surface area contributed by atoms with Crippen LogP contribution in [0.3, 0.4) is 0 Å². The molecule has 1 fully saturated rings. The van der Waals surface area contributed by atoms with E-state index in [4.69, 9.17) is 0 Å². The molecule has 1 aromatic carbocycles. The predicted molar refractivity (Wildman–Crippen MR) is 72.1 cm³/mol. The predicted octanol–water partition coefficient (Wildman–Crippen LogP) is 2.42. The first-order valence-electron chi connectivity index (χ1n) is 6.66. The second-order valence-electron chi connectivity index (χ2n) is 5.13. The number of nitrogens with one attached hydrogen (secondary N) is 2. The lowest BCUT2D eigenvalue weighted by molar-refractivity contribution is -0.153. The zero-order valence-corrected chi connectivity index (χ0v) is 11.5. The van der Waals surface area contributed by atoms with Crippen molar-refractivity contribution < 1.29 is 22.7 Å². The van der Waals surface area contributed by atoms with Gasteiger partial charge in [-0.2, -0.15) is 13.2 Å². The Morgan fingerprint density at radius 3 is 2.76 bits per heavy atom. The summed E-state index contributed by atoms with van der Waals surface area (Å²) in [7, 11) is 0. The summed E-state index contributed by atoms with van der Waals surface area (Å²) in [5.41, 5.74) is 0.429. The van der Waals surface area contributed by atoms with Crippen molar-refractivity contribution in [2.45, 2.75) is 13.1 Å². The highest BCUT2D eigenvalue weighted by Gasteiger charge is 2.29. The fraction of sp³-hybridized carbons (Fsp3) is 0.500. The van der Waals surface area contributed by atoms with Crippen molar-refractivity contribution in [3.8, 4) is 5.75 Å². The number of ether oxygens (including phenoxy) is 1. The topological polar surface area (TPSA) is 50.4 Å². The van der Waals surface area contributed by atoms with Crippen LogP contribution in [0.25, 0.3) is 0 Å². The maximum Gasteiger partial charge on any atom is 0.422 e. The van der Waals surface area contributed by atoms with Gasteiger partial charge >= 0.3 is 6.18 Å². The fourth-order valence-corrected chi connectivity index (χ4v) is 1.96. The van der Waals surface area contributed by atoms with Gasteiger partial charge < -0.3 is 15.4 Å². The minimum Gasteiger partial charge on any atom is -0.484 e. The molecular formula is C14H17F3N2O2. The molecule has 7 heteroatoms. The number of amides is 1. The molecule has 1 aliphatic heterocycles. The van der Waals surface area contributed by atoms with E-state index in [1.807, 2.05) is 6.92 Å². The summed E-state index contributed by atoms with van der Waals surface area (Å²) in [6.07, 6.45) is -4.38. The van der Waals surface area contributed by atoms with Crippen LogP contribution in [0.5, 0.6) is 5.75 Å². The smallest absolute Gasteiger partial charge is 0.422 e. The number of hydrogen-bond donors (Lipinski definition) is 2. The van der Waals surface area contributed by atoms with Gasteiger partial charge in [-0.15, -0.1) is 0 Å². The summed E-state index contributed by atoms with van der Waals surface area (Å²) in [6, 6.07) is 5.96. The zero-order valence-electron chi connectivity index (χ0n) is 11.5. The Bertz CT molecular complexity index is 501. The number of rotatable bonds is 5. The third-order valence-corrected chi connectivity index (χ3v) is 3.44. The van der Waals surface area contributed by atoms with Crippen molar-refractivity contribution in [1.82, 2.24) is 5.32 Å². The summed E-state index contributed by atoms with van der Waals surface area (Å²) in [5.74, 6) is 0.0817. The van der Waals surface area contributed by atoms with E-state index in [0.29, 0.717) is 11.6 Å². The van der Waals surface area contributed by atoms with Crippen molar-refractivity contribution in [3.63, 3.8) is 0 Å². The molecule has 21 heavy (non-hydrogen) atoms. The highest BCUT2D eigenvalue weighted by molar-refractivity contribution is 5.92. The summed E-state index contributed by atoms with van der Waals surface area (Å²) < 4.78 is 40.9. The number of alkyl halides is 3. The molecule has 1 aromatic rings. The van der Waals surface area contributed by atoms with Crippen molar-refractivity contribution >= 4 is 11.6 Å². The highest BCUT2D eigenvalue weighted by Crippen LogP contribution is 2.23. The van der Waals surface area contributed by atoms with Gasteiger partial charge in [0.05, 0.1) is 0 Å².